The van der Waals surface area contributed by atoms with Gasteiger partial charge in [0, 0.05) is 30.4 Å². The van der Waals surface area contributed by atoms with Gasteiger partial charge in [-0.05, 0) is 24.3 Å². The maximum Gasteiger partial charge on any atom is 0.240 e. The van der Waals surface area contributed by atoms with Crippen molar-refractivity contribution in [2.24, 2.45) is 0 Å². The molecule has 2 heterocycles. The van der Waals surface area contributed by atoms with E-state index < -0.39 is 0 Å². The van der Waals surface area contributed by atoms with Gasteiger partial charge >= 0.3 is 0 Å². The monoisotopic (exact) mass is 295 g/mol. The van der Waals surface area contributed by atoms with Crippen LogP contribution in [0.1, 0.15) is 0 Å². The Morgan fingerprint density at radius 3 is 2.59 bits per heavy atom. The van der Waals surface area contributed by atoms with Crippen LogP contribution < -0.4 is 9.47 Å². The predicted octanol–water partition coefficient (Wildman–Crippen LogP) is 3.03. The first-order valence-corrected chi connectivity index (χ1v) is 7.06. The van der Waals surface area contributed by atoms with Gasteiger partial charge in [-0.25, -0.2) is 9.97 Å². The summed E-state index contributed by atoms with van der Waals surface area (Å²) in [7, 11) is 1.64. The molecule has 0 saturated carbocycles. The van der Waals surface area contributed by atoms with E-state index in [-0.39, 0.29) is 0 Å². The zero-order chi connectivity index (χ0) is 15.2. The van der Waals surface area contributed by atoms with Gasteiger partial charge in [0.05, 0.1) is 13.7 Å². The van der Waals surface area contributed by atoms with E-state index in [1.165, 1.54) is 0 Å². The second-order valence-electron chi connectivity index (χ2n) is 4.68. The molecule has 22 heavy (non-hydrogen) atoms. The van der Waals surface area contributed by atoms with Crippen LogP contribution in [-0.2, 0) is 6.54 Å². The molecule has 0 spiro atoms. The van der Waals surface area contributed by atoms with E-state index in [4.69, 9.17) is 9.47 Å². The van der Waals surface area contributed by atoms with E-state index in [0.29, 0.717) is 18.2 Å². The molecule has 3 rings (SSSR count). The Bertz CT molecular complexity index is 726. The number of hydrogen-bond donors (Lipinski definition) is 0. The second-order valence-corrected chi connectivity index (χ2v) is 4.68. The number of ether oxygens (including phenoxy) is 2. The Morgan fingerprint density at radius 2 is 1.77 bits per heavy atom. The lowest BCUT2D eigenvalue weighted by Crippen LogP contribution is -2.08. The first-order valence-electron chi connectivity index (χ1n) is 7.06. The number of hydrogen-bond acceptors (Lipinski definition) is 4. The molecule has 1 aromatic carbocycles. The zero-order valence-corrected chi connectivity index (χ0v) is 12.3. The van der Waals surface area contributed by atoms with Gasteiger partial charge < -0.3 is 14.0 Å². The molecule has 0 atom stereocenters. The van der Waals surface area contributed by atoms with Crippen molar-refractivity contribution in [1.82, 2.24) is 14.5 Å². The molecular formula is C17H17N3O2. The van der Waals surface area contributed by atoms with Crippen LogP contribution in [0.2, 0.25) is 0 Å². The van der Waals surface area contributed by atoms with Gasteiger partial charge in [-0.3, -0.25) is 0 Å². The summed E-state index contributed by atoms with van der Waals surface area (Å²) in [4.78, 5) is 8.70. The molecule has 0 aliphatic heterocycles. The SMILES string of the molecule is COc1ccccc1-c1nccnc1OCCn1cccc1. The van der Waals surface area contributed by atoms with E-state index in [0.717, 1.165) is 17.9 Å². The smallest absolute Gasteiger partial charge is 0.240 e. The van der Waals surface area contributed by atoms with Crippen LogP contribution in [0.4, 0.5) is 0 Å². The van der Waals surface area contributed by atoms with Crippen molar-refractivity contribution in [3.8, 4) is 22.9 Å². The van der Waals surface area contributed by atoms with Crippen molar-refractivity contribution in [2.45, 2.75) is 6.54 Å². The highest BCUT2D eigenvalue weighted by atomic mass is 16.5. The van der Waals surface area contributed by atoms with E-state index in [9.17, 15) is 0 Å². The average molecular weight is 295 g/mol. The summed E-state index contributed by atoms with van der Waals surface area (Å²) in [6.45, 7) is 1.28. The second kappa shape index (κ2) is 6.76. The summed E-state index contributed by atoms with van der Waals surface area (Å²) in [6.07, 6.45) is 7.28. The molecule has 3 aromatic rings. The fourth-order valence-electron chi connectivity index (χ4n) is 2.22. The summed E-state index contributed by atoms with van der Waals surface area (Å²) < 4.78 is 13.3. The molecule has 0 saturated heterocycles. The van der Waals surface area contributed by atoms with E-state index >= 15 is 0 Å². The van der Waals surface area contributed by atoms with Crippen LogP contribution in [0.5, 0.6) is 11.6 Å². The van der Waals surface area contributed by atoms with Gasteiger partial charge in [0.15, 0.2) is 0 Å². The summed E-state index contributed by atoms with van der Waals surface area (Å²) >= 11 is 0. The molecule has 112 valence electrons. The largest absolute Gasteiger partial charge is 0.496 e. The highest BCUT2D eigenvalue weighted by Gasteiger charge is 2.13. The molecule has 0 amide bonds. The Hall–Kier alpha value is -2.82. The third-order valence-electron chi connectivity index (χ3n) is 3.28. The van der Waals surface area contributed by atoms with Crippen molar-refractivity contribution < 1.29 is 9.47 Å². The van der Waals surface area contributed by atoms with Crippen molar-refractivity contribution in [2.75, 3.05) is 13.7 Å². The number of benzene rings is 1. The number of methoxy groups -OCH3 is 1. The lowest BCUT2D eigenvalue weighted by atomic mass is 10.1. The topological polar surface area (TPSA) is 49.2 Å². The van der Waals surface area contributed by atoms with Crippen molar-refractivity contribution in [3.05, 3.63) is 61.2 Å². The maximum atomic E-state index is 5.81. The van der Waals surface area contributed by atoms with E-state index in [2.05, 4.69) is 14.5 Å². The van der Waals surface area contributed by atoms with Crippen LogP contribution in [0.25, 0.3) is 11.3 Å². The Balaban J connectivity index is 1.80. The van der Waals surface area contributed by atoms with Gasteiger partial charge in [-0.2, -0.15) is 0 Å². The highest BCUT2D eigenvalue weighted by Crippen LogP contribution is 2.32. The summed E-state index contributed by atoms with van der Waals surface area (Å²) in [5, 5.41) is 0. The molecule has 0 aliphatic carbocycles. The molecule has 5 nitrogen and oxygen atoms in total. The minimum Gasteiger partial charge on any atom is -0.496 e. The number of aromatic nitrogens is 3. The third kappa shape index (κ3) is 3.09. The Kier molecular flexibility index (Phi) is 4.34. The lowest BCUT2D eigenvalue weighted by molar-refractivity contribution is 0.287. The van der Waals surface area contributed by atoms with Crippen molar-refractivity contribution in [3.63, 3.8) is 0 Å². The van der Waals surface area contributed by atoms with Crippen LogP contribution in [0, 0.1) is 0 Å². The van der Waals surface area contributed by atoms with Crippen LogP contribution in [-0.4, -0.2) is 28.3 Å². The Labute approximate surface area is 129 Å². The molecule has 2 aromatic heterocycles. The van der Waals surface area contributed by atoms with Crippen LogP contribution in [0.3, 0.4) is 0 Å². The highest BCUT2D eigenvalue weighted by molar-refractivity contribution is 5.70. The fraction of sp³-hybridized carbons (Fsp3) is 0.176. The first kappa shape index (κ1) is 14.1. The number of para-hydroxylation sites is 1. The van der Waals surface area contributed by atoms with Gasteiger partial charge in [-0.1, -0.05) is 12.1 Å². The third-order valence-corrected chi connectivity index (χ3v) is 3.28. The van der Waals surface area contributed by atoms with Gasteiger partial charge in [0.1, 0.15) is 18.1 Å². The van der Waals surface area contributed by atoms with Crippen LogP contribution >= 0.6 is 0 Å². The summed E-state index contributed by atoms with van der Waals surface area (Å²) in [6, 6.07) is 11.7. The Morgan fingerprint density at radius 1 is 1.00 bits per heavy atom. The normalized spacial score (nSPS) is 10.4. The quantitative estimate of drug-likeness (QED) is 0.701. The molecule has 0 radical (unpaired) electrons. The van der Waals surface area contributed by atoms with Crippen molar-refractivity contribution >= 4 is 0 Å². The minimum atomic E-state index is 0.513. The molecular weight excluding hydrogens is 278 g/mol. The average Bonchev–Trinajstić information content (AvgIpc) is 3.09. The van der Waals surface area contributed by atoms with Gasteiger partial charge in [0.25, 0.3) is 0 Å². The van der Waals surface area contributed by atoms with Gasteiger partial charge in [-0.15, -0.1) is 0 Å². The molecule has 0 bridgehead atoms. The first-order chi connectivity index (χ1) is 10.9. The summed E-state index contributed by atoms with van der Waals surface area (Å²) in [5.41, 5.74) is 1.56. The lowest BCUT2D eigenvalue weighted by Gasteiger charge is -2.12. The molecule has 5 heteroatoms. The number of rotatable bonds is 6. The van der Waals surface area contributed by atoms with Crippen molar-refractivity contribution in [1.29, 1.82) is 0 Å². The molecule has 0 unspecified atom stereocenters. The zero-order valence-electron chi connectivity index (χ0n) is 12.3. The molecule has 0 aliphatic rings. The predicted molar refractivity (Wildman–Crippen MR) is 83.9 cm³/mol. The molecule has 0 fully saturated rings. The van der Waals surface area contributed by atoms with Crippen LogP contribution in [0.15, 0.2) is 61.2 Å². The standard InChI is InChI=1S/C17H17N3O2/c1-21-15-7-3-2-6-14(15)16-17(19-9-8-18-16)22-13-12-20-10-4-5-11-20/h2-11H,12-13H2,1H3. The minimum absolute atomic E-state index is 0.513. The van der Waals surface area contributed by atoms with Gasteiger partial charge in [0.2, 0.25) is 5.88 Å². The molecule has 0 N–H and O–H groups in total. The fourth-order valence-corrected chi connectivity index (χ4v) is 2.22. The maximum absolute atomic E-state index is 5.81. The number of nitrogens with zero attached hydrogens (tertiary/aromatic N) is 3. The van der Waals surface area contributed by atoms with E-state index in [1.54, 1.807) is 19.5 Å². The summed E-state index contributed by atoms with van der Waals surface area (Å²) in [5.74, 6) is 1.26. The van der Waals surface area contributed by atoms with E-state index in [1.807, 2.05) is 48.8 Å².